The number of hydrogen-bond acceptors (Lipinski definition) is 4. The molecule has 2 unspecified atom stereocenters. The van der Waals surface area contributed by atoms with Crippen molar-refractivity contribution in [3.8, 4) is 0 Å². The van der Waals surface area contributed by atoms with Gasteiger partial charge in [-0.05, 0) is 12.8 Å². The standard InChI is InChI=1S/C12H21NO3/c1-4-7-13-12(11(14)15-3)6-8-16-10(5-2)9-12/h4,10,13H,1,5-9H2,2-3H3. The molecule has 0 spiro atoms. The van der Waals surface area contributed by atoms with Crippen LogP contribution in [0.1, 0.15) is 26.2 Å². The van der Waals surface area contributed by atoms with E-state index in [9.17, 15) is 4.79 Å². The molecule has 0 amide bonds. The van der Waals surface area contributed by atoms with Gasteiger partial charge in [-0.3, -0.25) is 10.1 Å². The largest absolute Gasteiger partial charge is 0.468 e. The molecule has 2 atom stereocenters. The molecule has 1 rings (SSSR count). The monoisotopic (exact) mass is 227 g/mol. The average molecular weight is 227 g/mol. The molecule has 92 valence electrons. The highest BCUT2D eigenvalue weighted by Gasteiger charge is 2.43. The Balaban J connectivity index is 2.76. The van der Waals surface area contributed by atoms with Gasteiger partial charge < -0.3 is 9.47 Å². The van der Waals surface area contributed by atoms with Crippen molar-refractivity contribution < 1.29 is 14.3 Å². The quantitative estimate of drug-likeness (QED) is 0.567. The number of carbonyl (C=O) groups is 1. The summed E-state index contributed by atoms with van der Waals surface area (Å²) in [5.41, 5.74) is -0.595. The Kier molecular flexibility index (Phi) is 4.96. The lowest BCUT2D eigenvalue weighted by atomic mass is 9.85. The van der Waals surface area contributed by atoms with Crippen molar-refractivity contribution in [2.45, 2.75) is 37.8 Å². The number of ether oxygens (including phenoxy) is 2. The van der Waals surface area contributed by atoms with Gasteiger partial charge in [-0.15, -0.1) is 6.58 Å². The summed E-state index contributed by atoms with van der Waals surface area (Å²) in [4.78, 5) is 11.9. The van der Waals surface area contributed by atoms with E-state index in [2.05, 4.69) is 18.8 Å². The average Bonchev–Trinajstić information content (AvgIpc) is 2.35. The first-order chi connectivity index (χ1) is 7.68. The molecular formula is C12H21NO3. The van der Waals surface area contributed by atoms with Crippen molar-refractivity contribution in [3.05, 3.63) is 12.7 Å². The Labute approximate surface area is 97.0 Å². The van der Waals surface area contributed by atoms with Crippen molar-refractivity contribution in [1.29, 1.82) is 0 Å². The van der Waals surface area contributed by atoms with Gasteiger partial charge in [0, 0.05) is 19.6 Å². The van der Waals surface area contributed by atoms with E-state index in [1.165, 1.54) is 7.11 Å². The molecule has 1 heterocycles. The molecule has 0 radical (unpaired) electrons. The van der Waals surface area contributed by atoms with Crippen LogP contribution >= 0.6 is 0 Å². The van der Waals surface area contributed by atoms with Crippen molar-refractivity contribution in [2.24, 2.45) is 0 Å². The maximum atomic E-state index is 11.9. The fourth-order valence-corrected chi connectivity index (χ4v) is 2.09. The lowest BCUT2D eigenvalue weighted by Gasteiger charge is -2.38. The first kappa shape index (κ1) is 13.2. The minimum absolute atomic E-state index is 0.130. The van der Waals surface area contributed by atoms with Gasteiger partial charge in [-0.25, -0.2) is 0 Å². The van der Waals surface area contributed by atoms with Crippen LogP contribution in [0.15, 0.2) is 12.7 Å². The van der Waals surface area contributed by atoms with Gasteiger partial charge in [0.1, 0.15) is 5.54 Å². The van der Waals surface area contributed by atoms with Crippen molar-refractivity contribution in [2.75, 3.05) is 20.3 Å². The molecule has 1 aliphatic heterocycles. The smallest absolute Gasteiger partial charge is 0.326 e. The topological polar surface area (TPSA) is 47.6 Å². The van der Waals surface area contributed by atoms with Crippen LogP contribution in [-0.4, -0.2) is 37.9 Å². The van der Waals surface area contributed by atoms with Gasteiger partial charge >= 0.3 is 5.97 Å². The first-order valence-electron chi connectivity index (χ1n) is 5.74. The van der Waals surface area contributed by atoms with Crippen LogP contribution in [0.25, 0.3) is 0 Å². The van der Waals surface area contributed by atoms with Gasteiger partial charge in [0.15, 0.2) is 0 Å². The molecule has 1 saturated heterocycles. The maximum Gasteiger partial charge on any atom is 0.326 e. The summed E-state index contributed by atoms with van der Waals surface area (Å²) in [6.07, 6.45) is 4.12. The van der Waals surface area contributed by atoms with Crippen molar-refractivity contribution in [1.82, 2.24) is 5.32 Å². The molecule has 0 aromatic rings. The second-order valence-electron chi connectivity index (χ2n) is 4.10. The van der Waals surface area contributed by atoms with E-state index in [1.54, 1.807) is 6.08 Å². The summed E-state index contributed by atoms with van der Waals surface area (Å²) in [5, 5.41) is 3.23. The Morgan fingerprint density at radius 2 is 2.50 bits per heavy atom. The SMILES string of the molecule is C=CCNC1(C(=O)OC)CCOC(CC)C1. The van der Waals surface area contributed by atoms with Crippen LogP contribution in [0.2, 0.25) is 0 Å². The molecule has 1 aliphatic rings. The second-order valence-corrected chi connectivity index (χ2v) is 4.10. The zero-order valence-electron chi connectivity index (χ0n) is 10.1. The molecule has 1 fully saturated rings. The maximum absolute atomic E-state index is 11.9. The van der Waals surface area contributed by atoms with Gasteiger partial charge in [0.2, 0.25) is 0 Å². The summed E-state index contributed by atoms with van der Waals surface area (Å²) < 4.78 is 10.5. The number of nitrogens with one attached hydrogen (secondary N) is 1. The summed E-state index contributed by atoms with van der Waals surface area (Å²) >= 11 is 0. The molecule has 0 aliphatic carbocycles. The fourth-order valence-electron chi connectivity index (χ4n) is 2.09. The fraction of sp³-hybridized carbons (Fsp3) is 0.750. The Morgan fingerprint density at radius 1 is 1.75 bits per heavy atom. The van der Waals surface area contributed by atoms with E-state index in [0.717, 1.165) is 6.42 Å². The Bertz CT molecular complexity index is 255. The molecule has 1 N–H and O–H groups in total. The van der Waals surface area contributed by atoms with Crippen molar-refractivity contribution in [3.63, 3.8) is 0 Å². The summed E-state index contributed by atoms with van der Waals surface area (Å²) in [7, 11) is 1.43. The molecular weight excluding hydrogens is 206 g/mol. The second kappa shape index (κ2) is 6.01. The minimum Gasteiger partial charge on any atom is -0.468 e. The zero-order valence-corrected chi connectivity index (χ0v) is 10.1. The molecule has 4 heteroatoms. The van der Waals surface area contributed by atoms with E-state index in [1.807, 2.05) is 0 Å². The highest BCUT2D eigenvalue weighted by Crippen LogP contribution is 2.27. The van der Waals surface area contributed by atoms with E-state index >= 15 is 0 Å². The molecule has 0 saturated carbocycles. The van der Waals surface area contributed by atoms with Crippen LogP contribution in [0.3, 0.4) is 0 Å². The third-order valence-electron chi connectivity index (χ3n) is 3.07. The van der Waals surface area contributed by atoms with E-state index in [-0.39, 0.29) is 12.1 Å². The normalized spacial score (nSPS) is 29.8. The van der Waals surface area contributed by atoms with Gasteiger partial charge in [0.05, 0.1) is 13.2 Å². The van der Waals surface area contributed by atoms with Gasteiger partial charge in [-0.1, -0.05) is 13.0 Å². The number of carbonyl (C=O) groups excluding carboxylic acids is 1. The molecule has 4 nitrogen and oxygen atoms in total. The first-order valence-corrected chi connectivity index (χ1v) is 5.74. The number of hydrogen-bond donors (Lipinski definition) is 1. The zero-order chi connectivity index (χ0) is 12.0. The third kappa shape index (κ3) is 2.83. The number of rotatable bonds is 5. The lowest BCUT2D eigenvalue weighted by molar-refractivity contribution is -0.155. The van der Waals surface area contributed by atoms with Crippen molar-refractivity contribution >= 4 is 5.97 Å². The van der Waals surface area contributed by atoms with E-state index < -0.39 is 5.54 Å². The molecule has 0 aromatic heterocycles. The minimum atomic E-state index is -0.595. The number of methoxy groups -OCH3 is 1. The molecule has 0 bridgehead atoms. The lowest BCUT2D eigenvalue weighted by Crippen LogP contribution is -2.57. The van der Waals surface area contributed by atoms with Gasteiger partial charge in [-0.2, -0.15) is 0 Å². The summed E-state index contributed by atoms with van der Waals surface area (Å²) in [6.45, 7) is 6.91. The van der Waals surface area contributed by atoms with Crippen LogP contribution in [-0.2, 0) is 14.3 Å². The predicted molar refractivity (Wildman–Crippen MR) is 62.2 cm³/mol. The summed E-state index contributed by atoms with van der Waals surface area (Å²) in [5.74, 6) is -0.198. The van der Waals surface area contributed by atoms with E-state index in [0.29, 0.717) is 26.0 Å². The molecule has 0 aromatic carbocycles. The Hall–Kier alpha value is -0.870. The van der Waals surface area contributed by atoms with Crippen LogP contribution < -0.4 is 5.32 Å². The predicted octanol–water partition coefficient (Wildman–Crippen LogP) is 1.26. The van der Waals surface area contributed by atoms with Crippen LogP contribution in [0.5, 0.6) is 0 Å². The van der Waals surface area contributed by atoms with Crippen LogP contribution in [0.4, 0.5) is 0 Å². The number of esters is 1. The van der Waals surface area contributed by atoms with E-state index in [4.69, 9.17) is 9.47 Å². The van der Waals surface area contributed by atoms with Gasteiger partial charge in [0.25, 0.3) is 0 Å². The van der Waals surface area contributed by atoms with Crippen LogP contribution in [0, 0.1) is 0 Å². The highest BCUT2D eigenvalue weighted by molar-refractivity contribution is 5.81. The highest BCUT2D eigenvalue weighted by atomic mass is 16.5. The Morgan fingerprint density at radius 3 is 3.06 bits per heavy atom. The third-order valence-corrected chi connectivity index (χ3v) is 3.07. The summed E-state index contributed by atoms with van der Waals surface area (Å²) in [6, 6.07) is 0. The molecule has 16 heavy (non-hydrogen) atoms.